The molecule has 0 spiro atoms. The molecule has 0 radical (unpaired) electrons. The van der Waals surface area contributed by atoms with Crippen LogP contribution in [0.25, 0.3) is 6.08 Å². The molecular weight excluding hydrogens is 271 g/mol. The fraction of sp³-hybridized carbons (Fsp3) is 0.333. The van der Waals surface area contributed by atoms with Crippen molar-refractivity contribution in [3.63, 3.8) is 0 Å². The van der Waals surface area contributed by atoms with E-state index < -0.39 is 19.8 Å². The van der Waals surface area contributed by atoms with E-state index in [0.29, 0.717) is 0 Å². The van der Waals surface area contributed by atoms with Crippen LogP contribution in [0.4, 0.5) is 0 Å². The molecule has 0 amide bonds. The van der Waals surface area contributed by atoms with E-state index in [1.807, 2.05) is 0 Å². The summed E-state index contributed by atoms with van der Waals surface area (Å²) in [5, 5.41) is 0. The molecule has 1 aliphatic rings. The van der Waals surface area contributed by atoms with E-state index in [-0.39, 0.29) is 0 Å². The van der Waals surface area contributed by atoms with E-state index in [4.69, 9.17) is 0 Å². The molecule has 0 bridgehead atoms. The molecular formula is C12H15I. The second kappa shape index (κ2) is 3.82. The van der Waals surface area contributed by atoms with Gasteiger partial charge in [-0.2, -0.15) is 0 Å². The maximum atomic E-state index is 2.41. The van der Waals surface area contributed by atoms with Crippen molar-refractivity contribution in [3.05, 3.63) is 39.0 Å². The van der Waals surface area contributed by atoms with Gasteiger partial charge in [0.05, 0.1) is 0 Å². The second-order valence-electron chi connectivity index (χ2n) is 3.31. The van der Waals surface area contributed by atoms with E-state index in [2.05, 4.69) is 44.2 Å². The van der Waals surface area contributed by atoms with Gasteiger partial charge in [0.25, 0.3) is 0 Å². The summed E-state index contributed by atoms with van der Waals surface area (Å²) >= 11 is -0.793. The minimum absolute atomic E-state index is 0.793. The molecule has 2 rings (SSSR count). The number of aryl methyl sites for hydroxylation is 1. The Morgan fingerprint density at radius 1 is 1.38 bits per heavy atom. The molecule has 0 N–H and O–H groups in total. The normalized spacial score (nSPS) is 17.2. The van der Waals surface area contributed by atoms with Crippen molar-refractivity contribution in [2.24, 2.45) is 0 Å². The van der Waals surface area contributed by atoms with E-state index in [9.17, 15) is 0 Å². The quantitative estimate of drug-likeness (QED) is 0.545. The number of fused-ring (bicyclic) bond motifs is 1. The Morgan fingerprint density at radius 3 is 3.00 bits per heavy atom. The Kier molecular flexibility index (Phi) is 2.72. The average Bonchev–Trinajstić information content (AvgIpc) is 2.17. The average molecular weight is 286 g/mol. The van der Waals surface area contributed by atoms with Gasteiger partial charge in [-0.05, 0) is 0 Å². The van der Waals surface area contributed by atoms with Gasteiger partial charge in [-0.15, -0.1) is 0 Å². The summed E-state index contributed by atoms with van der Waals surface area (Å²) in [5.41, 5.74) is 2.91. The molecule has 0 aromatic heterocycles. The van der Waals surface area contributed by atoms with Gasteiger partial charge < -0.3 is 0 Å². The van der Waals surface area contributed by atoms with Crippen molar-refractivity contribution in [2.45, 2.75) is 13.8 Å². The van der Waals surface area contributed by atoms with Crippen molar-refractivity contribution >= 4 is 25.9 Å². The molecule has 13 heavy (non-hydrogen) atoms. The van der Waals surface area contributed by atoms with Gasteiger partial charge in [-0.1, -0.05) is 0 Å². The number of allylic oxidation sites excluding steroid dienone is 1. The first-order chi connectivity index (χ1) is 6.31. The Balaban J connectivity index is 2.48. The first kappa shape index (κ1) is 9.25. The van der Waals surface area contributed by atoms with Crippen LogP contribution < -0.4 is 0 Å². The number of hydrogen-bond donors (Lipinski definition) is 0. The summed E-state index contributed by atoms with van der Waals surface area (Å²) in [7, 11) is 0. The third-order valence-electron chi connectivity index (χ3n) is 2.34. The summed E-state index contributed by atoms with van der Waals surface area (Å²) in [4.78, 5) is 0. The van der Waals surface area contributed by atoms with Gasteiger partial charge in [0.1, 0.15) is 0 Å². The number of hydrogen-bond acceptors (Lipinski definition) is 0. The van der Waals surface area contributed by atoms with Crippen molar-refractivity contribution in [3.8, 4) is 0 Å². The third kappa shape index (κ3) is 1.80. The fourth-order valence-corrected chi connectivity index (χ4v) is 6.57. The fourth-order valence-electron chi connectivity index (χ4n) is 1.61. The van der Waals surface area contributed by atoms with Crippen LogP contribution >= 0.6 is 19.8 Å². The Morgan fingerprint density at radius 2 is 2.23 bits per heavy atom. The standard InChI is InChI=1S/C12H15I/c1-3-13-8-4-5-11-7-6-10(2)9-12(11)13/h4-7,9H,3,8H2,1-2H3. The molecule has 0 atom stereocenters. The van der Waals surface area contributed by atoms with Crippen LogP contribution in [0.3, 0.4) is 0 Å². The van der Waals surface area contributed by atoms with Gasteiger partial charge >= 0.3 is 87.6 Å². The van der Waals surface area contributed by atoms with Crippen LogP contribution in [0.5, 0.6) is 0 Å². The van der Waals surface area contributed by atoms with E-state index >= 15 is 0 Å². The monoisotopic (exact) mass is 286 g/mol. The summed E-state index contributed by atoms with van der Waals surface area (Å²) in [6.45, 7) is 4.54. The van der Waals surface area contributed by atoms with E-state index in [1.54, 1.807) is 3.57 Å². The summed E-state index contributed by atoms with van der Waals surface area (Å²) in [5.74, 6) is 0. The molecule has 0 aliphatic carbocycles. The topological polar surface area (TPSA) is 0 Å². The number of benzene rings is 1. The van der Waals surface area contributed by atoms with Crippen LogP contribution in [0.15, 0.2) is 24.3 Å². The molecule has 1 aromatic rings. The molecule has 1 heteroatoms. The molecule has 1 heterocycles. The molecule has 1 aliphatic heterocycles. The second-order valence-corrected chi connectivity index (χ2v) is 9.48. The number of halogens is 1. The van der Waals surface area contributed by atoms with Gasteiger partial charge in [0.15, 0.2) is 0 Å². The molecule has 70 valence electrons. The molecule has 0 saturated carbocycles. The number of alkyl halides is 2. The molecule has 1 aromatic carbocycles. The first-order valence-corrected chi connectivity index (χ1v) is 8.83. The van der Waals surface area contributed by atoms with Gasteiger partial charge in [0.2, 0.25) is 0 Å². The summed E-state index contributed by atoms with van der Waals surface area (Å²) in [6.07, 6.45) is 4.66. The van der Waals surface area contributed by atoms with Gasteiger partial charge in [0, 0.05) is 0 Å². The van der Waals surface area contributed by atoms with Gasteiger partial charge in [-0.25, -0.2) is 0 Å². The third-order valence-corrected chi connectivity index (χ3v) is 8.33. The molecule has 0 saturated heterocycles. The molecule has 0 nitrogen and oxygen atoms in total. The van der Waals surface area contributed by atoms with Crippen molar-refractivity contribution in [1.29, 1.82) is 0 Å². The summed E-state index contributed by atoms with van der Waals surface area (Å²) in [6, 6.07) is 6.91. The van der Waals surface area contributed by atoms with E-state index in [0.717, 1.165) is 0 Å². The van der Waals surface area contributed by atoms with Crippen LogP contribution in [-0.2, 0) is 0 Å². The zero-order valence-corrected chi connectivity index (χ0v) is 10.3. The maximum absolute atomic E-state index is 2.41. The Bertz CT molecular complexity index is 339. The Hall–Kier alpha value is -0.310. The predicted octanol–water partition coefficient (Wildman–Crippen LogP) is 3.72. The van der Waals surface area contributed by atoms with Gasteiger partial charge in [-0.3, -0.25) is 0 Å². The zero-order valence-electron chi connectivity index (χ0n) is 8.18. The van der Waals surface area contributed by atoms with Crippen molar-refractivity contribution in [1.82, 2.24) is 0 Å². The van der Waals surface area contributed by atoms with Crippen LogP contribution in [0, 0.1) is 10.5 Å². The van der Waals surface area contributed by atoms with Crippen LogP contribution in [0.1, 0.15) is 18.1 Å². The van der Waals surface area contributed by atoms with E-state index in [1.165, 1.54) is 20.0 Å². The summed E-state index contributed by atoms with van der Waals surface area (Å²) < 4.78 is 4.48. The Labute approximate surface area is 87.4 Å². The van der Waals surface area contributed by atoms with Crippen LogP contribution in [0.2, 0.25) is 0 Å². The van der Waals surface area contributed by atoms with Crippen LogP contribution in [-0.4, -0.2) is 8.86 Å². The molecule has 0 unspecified atom stereocenters. The first-order valence-electron chi connectivity index (χ1n) is 4.70. The molecule has 0 fully saturated rings. The predicted molar refractivity (Wildman–Crippen MR) is 68.3 cm³/mol. The SMILES string of the molecule is CCI1CC=Cc2ccc(C)cc21. The zero-order chi connectivity index (χ0) is 9.26. The van der Waals surface area contributed by atoms with Crippen molar-refractivity contribution in [2.75, 3.05) is 8.86 Å². The van der Waals surface area contributed by atoms with Crippen molar-refractivity contribution < 1.29 is 0 Å². The number of rotatable bonds is 1. The minimum atomic E-state index is -0.793.